The lowest BCUT2D eigenvalue weighted by Crippen LogP contribution is -2.09. The van der Waals surface area contributed by atoms with Gasteiger partial charge in [-0.2, -0.15) is 0 Å². The number of pyridine rings is 1. The first-order chi connectivity index (χ1) is 7.99. The topological polar surface area (TPSA) is 32.9 Å². The number of aromatic nitrogens is 1. The van der Waals surface area contributed by atoms with E-state index in [1.54, 1.807) is 6.07 Å². The molecule has 0 aliphatic carbocycles. The molecule has 1 heterocycles. The highest BCUT2D eigenvalue weighted by molar-refractivity contribution is 6.45. The van der Waals surface area contributed by atoms with E-state index in [0.717, 1.165) is 6.07 Å². The summed E-state index contributed by atoms with van der Waals surface area (Å²) in [7, 11) is 0. The van der Waals surface area contributed by atoms with Gasteiger partial charge in [-0.15, -0.1) is 0 Å². The van der Waals surface area contributed by atoms with Gasteiger partial charge in [0.2, 0.25) is 0 Å². The van der Waals surface area contributed by atoms with E-state index in [4.69, 9.17) is 34.8 Å². The van der Waals surface area contributed by atoms with E-state index in [1.165, 1.54) is 12.3 Å². The minimum Gasteiger partial charge on any atom is -0.326 e. The Morgan fingerprint density at radius 3 is 2.47 bits per heavy atom. The number of hydrogen-bond acceptors (Lipinski definition) is 1. The van der Waals surface area contributed by atoms with Crippen LogP contribution in [0.1, 0.15) is 0 Å². The standard InChI is InChI=1S/C11H5Cl3FNO/c12-6-2-7(10(14)8(13)3-6)5-1-9(15)11(17)16-4-5/h1-4H,(H,16,17). The van der Waals surface area contributed by atoms with Crippen LogP contribution in [-0.4, -0.2) is 4.98 Å². The van der Waals surface area contributed by atoms with Crippen LogP contribution in [0.2, 0.25) is 15.1 Å². The van der Waals surface area contributed by atoms with E-state index in [9.17, 15) is 9.18 Å². The summed E-state index contributed by atoms with van der Waals surface area (Å²) in [4.78, 5) is 13.2. The molecule has 0 amide bonds. The van der Waals surface area contributed by atoms with Gasteiger partial charge in [-0.25, -0.2) is 4.39 Å². The highest BCUT2D eigenvalue weighted by atomic mass is 35.5. The molecule has 2 nitrogen and oxygen atoms in total. The third kappa shape index (κ3) is 2.46. The molecule has 0 bridgehead atoms. The Kier molecular flexibility index (Phi) is 3.43. The van der Waals surface area contributed by atoms with Gasteiger partial charge in [-0.3, -0.25) is 4.79 Å². The summed E-state index contributed by atoms with van der Waals surface area (Å²) in [6, 6.07) is 4.10. The first kappa shape index (κ1) is 12.4. The van der Waals surface area contributed by atoms with E-state index in [2.05, 4.69) is 4.98 Å². The summed E-state index contributed by atoms with van der Waals surface area (Å²) in [6.07, 6.45) is 1.35. The third-order valence-electron chi connectivity index (χ3n) is 2.16. The summed E-state index contributed by atoms with van der Waals surface area (Å²) >= 11 is 17.7. The maximum atomic E-state index is 13.1. The minimum atomic E-state index is -0.894. The van der Waals surface area contributed by atoms with Crippen molar-refractivity contribution in [1.29, 1.82) is 0 Å². The molecule has 0 atom stereocenters. The van der Waals surface area contributed by atoms with Gasteiger partial charge in [0.25, 0.3) is 5.56 Å². The van der Waals surface area contributed by atoms with Crippen LogP contribution >= 0.6 is 34.8 Å². The van der Waals surface area contributed by atoms with Crippen LogP contribution in [0.15, 0.2) is 29.2 Å². The van der Waals surface area contributed by atoms with Crippen LogP contribution in [0, 0.1) is 5.82 Å². The molecular formula is C11H5Cl3FNO. The molecule has 0 aliphatic heterocycles. The molecule has 1 aromatic heterocycles. The first-order valence-corrected chi connectivity index (χ1v) is 5.65. The SMILES string of the molecule is O=c1[nH]cc(-c2cc(Cl)cc(Cl)c2Cl)cc1F. The maximum Gasteiger partial charge on any atom is 0.283 e. The molecular weight excluding hydrogens is 287 g/mol. The van der Waals surface area contributed by atoms with Gasteiger partial charge in [0.05, 0.1) is 10.0 Å². The lowest BCUT2D eigenvalue weighted by atomic mass is 10.1. The highest BCUT2D eigenvalue weighted by Crippen LogP contribution is 2.35. The molecule has 2 aromatic rings. The monoisotopic (exact) mass is 291 g/mol. The van der Waals surface area contributed by atoms with Crippen molar-refractivity contribution in [3.05, 3.63) is 55.6 Å². The van der Waals surface area contributed by atoms with Crippen molar-refractivity contribution >= 4 is 34.8 Å². The molecule has 0 saturated heterocycles. The Morgan fingerprint density at radius 2 is 1.82 bits per heavy atom. The van der Waals surface area contributed by atoms with Crippen LogP contribution in [-0.2, 0) is 0 Å². The summed E-state index contributed by atoms with van der Waals surface area (Å²) in [5.74, 6) is -0.894. The molecule has 0 aliphatic rings. The van der Waals surface area contributed by atoms with E-state index < -0.39 is 11.4 Å². The fraction of sp³-hybridized carbons (Fsp3) is 0. The van der Waals surface area contributed by atoms with Crippen LogP contribution in [0.5, 0.6) is 0 Å². The average molecular weight is 293 g/mol. The van der Waals surface area contributed by atoms with E-state index in [1.807, 2.05) is 0 Å². The maximum absolute atomic E-state index is 13.1. The molecule has 88 valence electrons. The molecule has 2 rings (SSSR count). The summed E-state index contributed by atoms with van der Waals surface area (Å²) < 4.78 is 13.1. The number of aromatic amines is 1. The Balaban J connectivity index is 2.68. The Bertz CT molecular complexity index is 639. The summed E-state index contributed by atoms with van der Waals surface area (Å²) in [5, 5.41) is 0.893. The zero-order chi connectivity index (χ0) is 12.6. The van der Waals surface area contributed by atoms with Gasteiger partial charge in [0.1, 0.15) is 0 Å². The number of benzene rings is 1. The predicted molar refractivity (Wildman–Crippen MR) is 67.5 cm³/mol. The second-order valence-corrected chi connectivity index (χ2v) is 4.54. The fourth-order valence-electron chi connectivity index (χ4n) is 1.38. The van der Waals surface area contributed by atoms with Gasteiger partial charge >= 0.3 is 0 Å². The molecule has 1 aromatic carbocycles. The lowest BCUT2D eigenvalue weighted by Gasteiger charge is -2.06. The molecule has 0 radical (unpaired) electrons. The van der Waals surface area contributed by atoms with Crippen LogP contribution in [0.4, 0.5) is 4.39 Å². The zero-order valence-corrected chi connectivity index (χ0v) is 10.5. The van der Waals surface area contributed by atoms with Crippen LogP contribution in [0.25, 0.3) is 11.1 Å². The smallest absolute Gasteiger partial charge is 0.283 e. The molecule has 1 N–H and O–H groups in total. The van der Waals surface area contributed by atoms with Gasteiger partial charge in [0, 0.05) is 22.3 Å². The number of hydrogen-bond donors (Lipinski definition) is 1. The van der Waals surface area contributed by atoms with E-state index >= 15 is 0 Å². The molecule has 17 heavy (non-hydrogen) atoms. The normalized spacial score (nSPS) is 10.6. The predicted octanol–water partition coefficient (Wildman–Crippen LogP) is 4.14. The lowest BCUT2D eigenvalue weighted by molar-refractivity contribution is 0.609. The molecule has 0 spiro atoms. The summed E-state index contributed by atoms with van der Waals surface area (Å²) in [6.45, 7) is 0. The molecule has 0 saturated carbocycles. The molecule has 0 fully saturated rings. The molecule has 6 heteroatoms. The van der Waals surface area contributed by atoms with Gasteiger partial charge in [-0.05, 0) is 18.2 Å². The van der Waals surface area contributed by atoms with Gasteiger partial charge in [0.15, 0.2) is 5.82 Å². The second kappa shape index (κ2) is 4.69. The second-order valence-electron chi connectivity index (χ2n) is 3.31. The van der Waals surface area contributed by atoms with E-state index in [0.29, 0.717) is 16.1 Å². The van der Waals surface area contributed by atoms with Crippen molar-refractivity contribution in [2.45, 2.75) is 0 Å². The number of rotatable bonds is 1. The van der Waals surface area contributed by atoms with Crippen LogP contribution < -0.4 is 5.56 Å². The van der Waals surface area contributed by atoms with Crippen molar-refractivity contribution in [3.63, 3.8) is 0 Å². The quantitative estimate of drug-likeness (QED) is 0.787. The Morgan fingerprint density at radius 1 is 1.12 bits per heavy atom. The Hall–Kier alpha value is -1.03. The number of halogens is 4. The van der Waals surface area contributed by atoms with Gasteiger partial charge in [-0.1, -0.05) is 34.8 Å². The van der Waals surface area contributed by atoms with Crippen LogP contribution in [0.3, 0.4) is 0 Å². The fourth-order valence-corrected chi connectivity index (χ4v) is 2.09. The van der Waals surface area contributed by atoms with Gasteiger partial charge < -0.3 is 4.98 Å². The molecule has 0 unspecified atom stereocenters. The van der Waals surface area contributed by atoms with Crippen molar-refractivity contribution < 1.29 is 4.39 Å². The average Bonchev–Trinajstić information content (AvgIpc) is 2.27. The summed E-state index contributed by atoms with van der Waals surface area (Å²) in [5.41, 5.74) is 0.0637. The number of nitrogens with one attached hydrogen (secondary N) is 1. The minimum absolute atomic E-state index is 0.252. The third-order valence-corrected chi connectivity index (χ3v) is 3.18. The van der Waals surface area contributed by atoms with Crippen molar-refractivity contribution in [3.8, 4) is 11.1 Å². The van der Waals surface area contributed by atoms with Crippen molar-refractivity contribution in [2.24, 2.45) is 0 Å². The number of H-pyrrole nitrogens is 1. The zero-order valence-electron chi connectivity index (χ0n) is 8.23. The first-order valence-electron chi connectivity index (χ1n) is 4.52. The largest absolute Gasteiger partial charge is 0.326 e. The van der Waals surface area contributed by atoms with Crippen molar-refractivity contribution in [1.82, 2.24) is 4.98 Å². The Labute approximate surface area is 111 Å². The highest BCUT2D eigenvalue weighted by Gasteiger charge is 2.11. The van der Waals surface area contributed by atoms with E-state index in [-0.39, 0.29) is 10.0 Å². The van der Waals surface area contributed by atoms with Crippen molar-refractivity contribution in [2.75, 3.05) is 0 Å².